The Morgan fingerprint density at radius 3 is 3.00 bits per heavy atom. The summed E-state index contributed by atoms with van der Waals surface area (Å²) < 4.78 is 5.20. The van der Waals surface area contributed by atoms with Crippen LogP contribution in [0.1, 0.15) is 13.8 Å². The zero-order chi connectivity index (χ0) is 7.56. The summed E-state index contributed by atoms with van der Waals surface area (Å²) in [6.45, 7) is 4.24. The molecule has 10 heavy (non-hydrogen) atoms. The number of hydrogen-bond acceptors (Lipinski definition) is 3. The molecule has 1 aliphatic rings. The number of carbonyl (C=O) groups is 1. The average Bonchev–Trinajstić information content (AvgIpc) is 2.13. The van der Waals surface area contributed by atoms with E-state index in [1.807, 2.05) is 6.92 Å². The molecule has 0 amide bonds. The van der Waals surface area contributed by atoms with Crippen LogP contribution in [0.5, 0.6) is 0 Å². The Morgan fingerprint density at radius 2 is 2.60 bits per heavy atom. The lowest BCUT2D eigenvalue weighted by molar-refractivity contribution is -0.112. The quantitative estimate of drug-likeness (QED) is 0.538. The van der Waals surface area contributed by atoms with Crippen LogP contribution in [-0.2, 0) is 9.53 Å². The molecular weight excluding hydrogens is 130 g/mol. The van der Waals surface area contributed by atoms with Gasteiger partial charge >= 0.3 is 0 Å². The lowest BCUT2D eigenvalue weighted by atomic mass is 10.4. The highest BCUT2D eigenvalue weighted by Crippen LogP contribution is 2.06. The molecule has 0 bridgehead atoms. The maximum absolute atomic E-state index is 10.5. The predicted molar refractivity (Wildman–Crippen MR) is 37.3 cm³/mol. The van der Waals surface area contributed by atoms with Crippen LogP contribution in [0, 0.1) is 0 Å². The van der Waals surface area contributed by atoms with Crippen molar-refractivity contribution in [1.29, 1.82) is 0 Å². The first-order valence-corrected chi connectivity index (χ1v) is 3.31. The summed E-state index contributed by atoms with van der Waals surface area (Å²) in [4.78, 5) is 10.5. The van der Waals surface area contributed by atoms with E-state index in [1.54, 1.807) is 0 Å². The zero-order valence-electron chi connectivity index (χ0n) is 6.18. The molecule has 56 valence electrons. The van der Waals surface area contributed by atoms with Gasteiger partial charge in [-0.05, 0) is 13.8 Å². The fourth-order valence-corrected chi connectivity index (χ4v) is 0.814. The van der Waals surface area contributed by atoms with Crippen molar-refractivity contribution in [2.24, 2.45) is 0 Å². The van der Waals surface area contributed by atoms with E-state index in [0.29, 0.717) is 5.88 Å². The van der Waals surface area contributed by atoms with Crippen molar-refractivity contribution in [3.8, 4) is 0 Å². The molecule has 0 aromatic rings. The van der Waals surface area contributed by atoms with Crippen molar-refractivity contribution in [2.45, 2.75) is 20.0 Å². The molecule has 3 heteroatoms. The molecule has 1 atom stereocenters. The molecule has 0 spiro atoms. The summed E-state index contributed by atoms with van der Waals surface area (Å²) >= 11 is 0. The maximum Gasteiger partial charge on any atom is 0.190 e. The molecule has 0 saturated carbocycles. The molecule has 1 N–H and O–H groups in total. The van der Waals surface area contributed by atoms with E-state index in [4.69, 9.17) is 4.74 Å². The van der Waals surface area contributed by atoms with E-state index in [9.17, 15) is 4.79 Å². The molecule has 0 radical (unpaired) electrons. The minimum Gasteiger partial charge on any atom is -0.474 e. The Hall–Kier alpha value is -0.990. The summed E-state index contributed by atoms with van der Waals surface area (Å²) in [5.74, 6) is 0.608. The number of rotatable bonds is 1. The van der Waals surface area contributed by atoms with Gasteiger partial charge in [-0.15, -0.1) is 0 Å². The highest BCUT2D eigenvalue weighted by Gasteiger charge is 2.14. The SMILES string of the molecule is CC(=O)/C=C1\NCC(C)O1. The largest absolute Gasteiger partial charge is 0.474 e. The van der Waals surface area contributed by atoms with E-state index in [0.717, 1.165) is 6.54 Å². The number of carbonyl (C=O) groups excluding carboxylic acids is 1. The standard InChI is InChI=1S/C7H11NO2/c1-5(9)3-7-8-4-6(2)10-7/h3,6,8H,4H2,1-2H3/b7-3+. The first-order valence-electron chi connectivity index (χ1n) is 3.31. The Labute approximate surface area is 60.1 Å². The van der Waals surface area contributed by atoms with Gasteiger partial charge in [0.2, 0.25) is 0 Å². The summed E-state index contributed by atoms with van der Waals surface area (Å²) in [5.41, 5.74) is 0. The number of nitrogens with one attached hydrogen (secondary N) is 1. The van der Waals surface area contributed by atoms with Crippen molar-refractivity contribution < 1.29 is 9.53 Å². The van der Waals surface area contributed by atoms with Gasteiger partial charge in [-0.3, -0.25) is 4.79 Å². The molecule has 0 aromatic heterocycles. The third-order valence-corrected chi connectivity index (χ3v) is 1.23. The lowest BCUT2D eigenvalue weighted by Gasteiger charge is -1.98. The second-order valence-electron chi connectivity index (χ2n) is 2.43. The Bertz CT molecular complexity index is 174. The molecule has 1 aliphatic heterocycles. The molecule has 3 nitrogen and oxygen atoms in total. The topological polar surface area (TPSA) is 38.3 Å². The predicted octanol–water partition coefficient (Wildman–Crippen LogP) is 0.425. The van der Waals surface area contributed by atoms with Gasteiger partial charge in [0.15, 0.2) is 11.7 Å². The van der Waals surface area contributed by atoms with Gasteiger partial charge in [0, 0.05) is 6.08 Å². The van der Waals surface area contributed by atoms with Gasteiger partial charge in [-0.25, -0.2) is 0 Å². The monoisotopic (exact) mass is 141 g/mol. The number of allylic oxidation sites excluding steroid dienone is 1. The summed E-state index contributed by atoms with van der Waals surface area (Å²) in [7, 11) is 0. The molecule has 1 rings (SSSR count). The van der Waals surface area contributed by atoms with Crippen molar-refractivity contribution in [3.63, 3.8) is 0 Å². The summed E-state index contributed by atoms with van der Waals surface area (Å²) in [6, 6.07) is 0. The van der Waals surface area contributed by atoms with Crippen molar-refractivity contribution in [2.75, 3.05) is 6.54 Å². The second kappa shape index (κ2) is 2.73. The van der Waals surface area contributed by atoms with Crippen molar-refractivity contribution >= 4 is 5.78 Å². The summed E-state index contributed by atoms with van der Waals surface area (Å²) in [5, 5.41) is 2.96. The maximum atomic E-state index is 10.5. The van der Waals surface area contributed by atoms with Gasteiger partial charge in [0.1, 0.15) is 6.10 Å². The number of ether oxygens (including phenoxy) is 1. The van der Waals surface area contributed by atoms with Crippen molar-refractivity contribution in [1.82, 2.24) is 5.32 Å². The van der Waals surface area contributed by atoms with Crippen LogP contribution in [0.4, 0.5) is 0 Å². The minimum absolute atomic E-state index is 0.0107. The molecule has 1 saturated heterocycles. The first-order chi connectivity index (χ1) is 4.68. The Morgan fingerprint density at radius 1 is 1.90 bits per heavy atom. The van der Waals surface area contributed by atoms with Crippen LogP contribution in [-0.4, -0.2) is 18.4 Å². The lowest BCUT2D eigenvalue weighted by Crippen LogP contribution is -2.09. The molecule has 0 aromatic carbocycles. The smallest absolute Gasteiger partial charge is 0.190 e. The second-order valence-corrected chi connectivity index (χ2v) is 2.43. The van der Waals surface area contributed by atoms with Crippen molar-refractivity contribution in [3.05, 3.63) is 12.0 Å². The third-order valence-electron chi connectivity index (χ3n) is 1.23. The number of hydrogen-bond donors (Lipinski definition) is 1. The number of ketones is 1. The third kappa shape index (κ3) is 1.76. The van der Waals surface area contributed by atoms with E-state index in [1.165, 1.54) is 13.0 Å². The highest BCUT2D eigenvalue weighted by molar-refractivity contribution is 5.87. The van der Waals surface area contributed by atoms with Crippen LogP contribution in [0.25, 0.3) is 0 Å². The van der Waals surface area contributed by atoms with E-state index >= 15 is 0 Å². The molecule has 1 heterocycles. The van der Waals surface area contributed by atoms with Crippen LogP contribution in [0.15, 0.2) is 12.0 Å². The van der Waals surface area contributed by atoms with Crippen LogP contribution >= 0.6 is 0 Å². The van der Waals surface area contributed by atoms with Crippen LogP contribution in [0.2, 0.25) is 0 Å². The van der Waals surface area contributed by atoms with Gasteiger partial charge in [0.05, 0.1) is 6.54 Å². The van der Waals surface area contributed by atoms with Gasteiger partial charge in [-0.2, -0.15) is 0 Å². The summed E-state index contributed by atoms with van der Waals surface area (Å²) in [6.07, 6.45) is 1.65. The minimum atomic E-state index is 0.0107. The molecule has 0 aliphatic carbocycles. The molecular formula is C7H11NO2. The van der Waals surface area contributed by atoms with Gasteiger partial charge in [-0.1, -0.05) is 0 Å². The average molecular weight is 141 g/mol. The van der Waals surface area contributed by atoms with Gasteiger partial charge in [0.25, 0.3) is 0 Å². The Balaban J connectivity index is 2.51. The van der Waals surface area contributed by atoms with Crippen LogP contribution < -0.4 is 5.32 Å². The Kier molecular flexibility index (Phi) is 1.94. The zero-order valence-corrected chi connectivity index (χ0v) is 6.18. The van der Waals surface area contributed by atoms with E-state index in [-0.39, 0.29) is 11.9 Å². The molecule has 1 unspecified atom stereocenters. The van der Waals surface area contributed by atoms with E-state index in [2.05, 4.69) is 5.32 Å². The fraction of sp³-hybridized carbons (Fsp3) is 0.571. The van der Waals surface area contributed by atoms with Crippen LogP contribution in [0.3, 0.4) is 0 Å². The van der Waals surface area contributed by atoms with Gasteiger partial charge < -0.3 is 10.1 Å². The molecule has 1 fully saturated rings. The first kappa shape index (κ1) is 7.12. The van der Waals surface area contributed by atoms with E-state index < -0.39 is 0 Å². The normalized spacial score (nSPS) is 27.8. The fourth-order valence-electron chi connectivity index (χ4n) is 0.814. The highest BCUT2D eigenvalue weighted by atomic mass is 16.5.